The molecule has 0 rings (SSSR count). The van der Waals surface area contributed by atoms with Gasteiger partial charge in [-0.25, -0.2) is 0 Å². The Morgan fingerprint density at radius 3 is 1.15 bits per heavy atom. The molecular weight excluding hydrogens is 328 g/mol. The molecule has 0 radical (unpaired) electrons. The summed E-state index contributed by atoms with van der Waals surface area (Å²) in [5.74, 6) is 0. The van der Waals surface area contributed by atoms with E-state index in [1.807, 2.05) is 0 Å². The van der Waals surface area contributed by atoms with Crippen molar-refractivity contribution in [1.82, 2.24) is 5.32 Å². The van der Waals surface area contributed by atoms with E-state index >= 15 is 0 Å². The number of unbranched alkanes of at least 4 members (excludes halogenated alkanes) is 16. The molecule has 0 aliphatic heterocycles. The van der Waals surface area contributed by atoms with Crippen molar-refractivity contribution in [2.24, 2.45) is 0 Å². The maximum atomic E-state index is 3.64. The van der Waals surface area contributed by atoms with Gasteiger partial charge in [-0.2, -0.15) is 0 Å². The lowest BCUT2D eigenvalue weighted by Crippen LogP contribution is -2.35. The molecule has 0 aromatic heterocycles. The van der Waals surface area contributed by atoms with Crippen molar-refractivity contribution in [3.8, 4) is 0 Å². The molecule has 0 aliphatic rings. The first kappa shape index (κ1) is 26.9. The summed E-state index contributed by atoms with van der Waals surface area (Å²) in [4.78, 5) is 0. The smallest absolute Gasteiger partial charge is 0.0780 e. The van der Waals surface area contributed by atoms with E-state index in [1.165, 1.54) is 135 Å². The molecule has 2 heteroatoms. The van der Waals surface area contributed by atoms with Crippen LogP contribution in [0.5, 0.6) is 0 Å². The molecule has 0 spiro atoms. The molecule has 0 fully saturated rings. The molecule has 0 unspecified atom stereocenters. The number of hydrogen-bond donors (Lipinski definition) is 1. The Bertz CT molecular complexity index is 270. The highest BCUT2D eigenvalue weighted by Gasteiger charge is 2.04. The minimum absolute atomic E-state index is 1.12. The molecule has 0 atom stereocenters. The van der Waals surface area contributed by atoms with Crippen molar-refractivity contribution in [2.45, 2.75) is 122 Å². The SMILES string of the molecule is CCCCCCCCCCCCNCCCCCCCCCC[N+](C)(C)C. The number of quaternary nitrogens is 1. The van der Waals surface area contributed by atoms with Gasteiger partial charge in [0.2, 0.25) is 0 Å². The molecule has 164 valence electrons. The Balaban J connectivity index is 3.01. The Morgan fingerprint density at radius 1 is 0.444 bits per heavy atom. The molecule has 0 heterocycles. The summed E-state index contributed by atoms with van der Waals surface area (Å²) >= 11 is 0. The number of nitrogens with zero attached hydrogens (tertiary/aromatic N) is 1. The zero-order chi connectivity index (χ0) is 20.1. The molecule has 0 aliphatic carbocycles. The van der Waals surface area contributed by atoms with Crippen LogP contribution in [0.2, 0.25) is 0 Å². The van der Waals surface area contributed by atoms with Crippen molar-refractivity contribution in [3.63, 3.8) is 0 Å². The third-order valence-corrected chi connectivity index (χ3v) is 5.64. The summed E-state index contributed by atoms with van der Waals surface area (Å²) in [6.45, 7) is 6.10. The summed E-state index contributed by atoms with van der Waals surface area (Å²) < 4.78 is 1.12. The third kappa shape index (κ3) is 25.9. The molecule has 2 nitrogen and oxygen atoms in total. The summed E-state index contributed by atoms with van der Waals surface area (Å²) in [6, 6.07) is 0. The predicted molar refractivity (Wildman–Crippen MR) is 125 cm³/mol. The van der Waals surface area contributed by atoms with E-state index in [0.29, 0.717) is 0 Å². The molecule has 0 saturated carbocycles. The van der Waals surface area contributed by atoms with Crippen LogP contribution in [0, 0.1) is 0 Å². The molecule has 27 heavy (non-hydrogen) atoms. The van der Waals surface area contributed by atoms with Crippen LogP contribution in [0.25, 0.3) is 0 Å². The fraction of sp³-hybridized carbons (Fsp3) is 1.00. The van der Waals surface area contributed by atoms with E-state index in [-0.39, 0.29) is 0 Å². The summed E-state index contributed by atoms with van der Waals surface area (Å²) in [6.07, 6.45) is 25.8. The van der Waals surface area contributed by atoms with E-state index in [2.05, 4.69) is 33.4 Å². The average Bonchev–Trinajstić information content (AvgIpc) is 2.62. The van der Waals surface area contributed by atoms with Gasteiger partial charge in [-0.1, -0.05) is 96.8 Å². The van der Waals surface area contributed by atoms with E-state index in [0.717, 1.165) is 4.48 Å². The molecule has 0 saturated heterocycles. The summed E-state index contributed by atoms with van der Waals surface area (Å²) in [5.41, 5.74) is 0. The molecule has 0 aromatic carbocycles. The van der Waals surface area contributed by atoms with Crippen LogP contribution in [0.1, 0.15) is 122 Å². The van der Waals surface area contributed by atoms with Gasteiger partial charge >= 0.3 is 0 Å². The highest BCUT2D eigenvalue weighted by atomic mass is 15.3. The average molecular weight is 384 g/mol. The predicted octanol–water partition coefficient (Wildman–Crippen LogP) is 7.32. The van der Waals surface area contributed by atoms with Crippen LogP contribution in [0.15, 0.2) is 0 Å². The highest BCUT2D eigenvalue weighted by molar-refractivity contribution is 4.53. The van der Waals surface area contributed by atoms with Gasteiger partial charge in [0.05, 0.1) is 27.7 Å². The minimum atomic E-state index is 1.12. The lowest BCUT2D eigenvalue weighted by atomic mass is 10.1. The maximum absolute atomic E-state index is 3.64. The molecule has 1 N–H and O–H groups in total. The van der Waals surface area contributed by atoms with E-state index in [4.69, 9.17) is 0 Å². The standard InChI is InChI=1S/C25H55N2/c1-5-6-7-8-9-10-11-14-17-20-23-26-24-21-18-15-12-13-16-19-22-25-27(2,3)4/h26H,5-25H2,1-4H3/q+1. The first-order valence-corrected chi connectivity index (χ1v) is 12.6. The lowest BCUT2D eigenvalue weighted by Gasteiger charge is -2.23. The van der Waals surface area contributed by atoms with Gasteiger partial charge in [0.25, 0.3) is 0 Å². The van der Waals surface area contributed by atoms with Gasteiger partial charge in [-0.3, -0.25) is 0 Å². The molecule has 0 bridgehead atoms. The van der Waals surface area contributed by atoms with Gasteiger partial charge in [0, 0.05) is 0 Å². The molecule has 0 aromatic rings. The first-order valence-electron chi connectivity index (χ1n) is 12.6. The zero-order valence-corrected chi connectivity index (χ0v) is 19.8. The Hall–Kier alpha value is -0.0800. The van der Waals surface area contributed by atoms with Gasteiger partial charge in [0.15, 0.2) is 0 Å². The zero-order valence-electron chi connectivity index (χ0n) is 19.8. The van der Waals surface area contributed by atoms with Crippen LogP contribution in [0.4, 0.5) is 0 Å². The number of rotatable bonds is 22. The molecule has 0 amide bonds. The summed E-state index contributed by atoms with van der Waals surface area (Å²) in [5, 5.41) is 3.64. The van der Waals surface area contributed by atoms with Crippen molar-refractivity contribution < 1.29 is 4.48 Å². The summed E-state index contributed by atoms with van der Waals surface area (Å²) in [7, 11) is 6.89. The van der Waals surface area contributed by atoms with Gasteiger partial charge in [-0.15, -0.1) is 0 Å². The van der Waals surface area contributed by atoms with Crippen molar-refractivity contribution in [3.05, 3.63) is 0 Å². The van der Waals surface area contributed by atoms with Crippen LogP contribution in [-0.4, -0.2) is 45.3 Å². The monoisotopic (exact) mass is 383 g/mol. The van der Waals surface area contributed by atoms with Crippen LogP contribution < -0.4 is 5.32 Å². The second kappa shape index (κ2) is 20.6. The van der Waals surface area contributed by atoms with Crippen LogP contribution >= 0.6 is 0 Å². The number of hydrogen-bond acceptors (Lipinski definition) is 1. The Labute approximate surface area is 173 Å². The quantitative estimate of drug-likeness (QED) is 0.152. The fourth-order valence-electron chi connectivity index (χ4n) is 3.76. The second-order valence-electron chi connectivity index (χ2n) is 9.77. The van der Waals surface area contributed by atoms with Crippen molar-refractivity contribution in [2.75, 3.05) is 40.8 Å². The van der Waals surface area contributed by atoms with E-state index in [1.54, 1.807) is 0 Å². The van der Waals surface area contributed by atoms with Crippen molar-refractivity contribution >= 4 is 0 Å². The Kier molecular flexibility index (Phi) is 20.6. The van der Waals surface area contributed by atoms with E-state index < -0.39 is 0 Å². The van der Waals surface area contributed by atoms with E-state index in [9.17, 15) is 0 Å². The maximum Gasteiger partial charge on any atom is 0.0780 e. The third-order valence-electron chi connectivity index (χ3n) is 5.64. The minimum Gasteiger partial charge on any atom is -0.331 e. The normalized spacial score (nSPS) is 12.0. The first-order chi connectivity index (χ1) is 13.1. The van der Waals surface area contributed by atoms with Gasteiger partial charge < -0.3 is 9.80 Å². The highest BCUT2D eigenvalue weighted by Crippen LogP contribution is 2.11. The largest absolute Gasteiger partial charge is 0.331 e. The Morgan fingerprint density at radius 2 is 0.778 bits per heavy atom. The molecular formula is C25H55N2+. The van der Waals surface area contributed by atoms with Gasteiger partial charge in [0.1, 0.15) is 0 Å². The van der Waals surface area contributed by atoms with Gasteiger partial charge in [-0.05, 0) is 38.8 Å². The topological polar surface area (TPSA) is 12.0 Å². The lowest BCUT2D eigenvalue weighted by molar-refractivity contribution is -0.870. The van der Waals surface area contributed by atoms with Crippen LogP contribution in [-0.2, 0) is 0 Å². The fourth-order valence-corrected chi connectivity index (χ4v) is 3.76. The second-order valence-corrected chi connectivity index (χ2v) is 9.77. The van der Waals surface area contributed by atoms with Crippen molar-refractivity contribution in [1.29, 1.82) is 0 Å². The number of nitrogens with one attached hydrogen (secondary N) is 1. The van der Waals surface area contributed by atoms with Crippen LogP contribution in [0.3, 0.4) is 0 Å².